The van der Waals surface area contributed by atoms with Crippen molar-refractivity contribution < 1.29 is 35.5 Å². The molecule has 1 atom stereocenters. The Kier molecular flexibility index (Phi) is 6.55. The van der Waals surface area contributed by atoms with Crippen molar-refractivity contribution in [1.82, 2.24) is 5.43 Å². The topological polar surface area (TPSA) is 33.6 Å². The van der Waals surface area contributed by atoms with E-state index in [2.05, 4.69) is 5.10 Å². The minimum absolute atomic E-state index is 0.0198. The molecule has 1 aromatic carbocycles. The van der Waals surface area contributed by atoms with E-state index >= 15 is 0 Å². The fraction of sp³-hybridized carbons (Fsp3) is 0.500. The summed E-state index contributed by atoms with van der Waals surface area (Å²) in [6.45, 7) is 3.53. The van der Waals surface area contributed by atoms with Crippen molar-refractivity contribution in [3.63, 3.8) is 0 Å². The molecule has 0 amide bonds. The minimum atomic E-state index is -6.44. The van der Waals surface area contributed by atoms with Gasteiger partial charge in [0.2, 0.25) is 0 Å². The number of nitrogens with one attached hydrogen (secondary N) is 1. The highest BCUT2D eigenvalue weighted by Gasteiger charge is 2.73. The molecule has 0 aliphatic heterocycles. The minimum Gasteiger partial charge on any atom is -0.490 e. The SMILES string of the molecule is CC[C@H](C)Oc1ccc(Cl)cc1/C=N\NC(F)(F)C(F)(F)C(F)(F)F. The number of rotatable bonds is 7. The number of hydrogen-bond donors (Lipinski definition) is 1. The van der Waals surface area contributed by atoms with Gasteiger partial charge in [0.05, 0.1) is 12.3 Å². The molecule has 1 aromatic rings. The van der Waals surface area contributed by atoms with E-state index in [4.69, 9.17) is 16.3 Å². The van der Waals surface area contributed by atoms with Gasteiger partial charge in [0, 0.05) is 10.6 Å². The van der Waals surface area contributed by atoms with Gasteiger partial charge in [0.25, 0.3) is 0 Å². The molecular weight excluding hydrogens is 381 g/mol. The summed E-state index contributed by atoms with van der Waals surface area (Å²) in [6.07, 6.45) is -5.49. The first kappa shape index (κ1) is 21.3. The van der Waals surface area contributed by atoms with Crippen LogP contribution in [0.3, 0.4) is 0 Å². The third-order valence-electron chi connectivity index (χ3n) is 3.03. The second-order valence-corrected chi connectivity index (χ2v) is 5.47. The van der Waals surface area contributed by atoms with E-state index in [1.807, 2.05) is 6.92 Å². The van der Waals surface area contributed by atoms with Gasteiger partial charge >= 0.3 is 18.1 Å². The lowest BCUT2D eigenvalue weighted by Crippen LogP contribution is -2.58. The Morgan fingerprint density at radius 3 is 2.32 bits per heavy atom. The number of benzene rings is 1. The Balaban J connectivity index is 3.01. The Morgan fingerprint density at radius 2 is 1.80 bits per heavy atom. The fourth-order valence-electron chi connectivity index (χ4n) is 1.46. The maximum Gasteiger partial charge on any atom is 0.462 e. The highest BCUT2D eigenvalue weighted by molar-refractivity contribution is 6.30. The van der Waals surface area contributed by atoms with Gasteiger partial charge in [-0.25, -0.2) is 5.43 Å². The first-order valence-corrected chi connectivity index (χ1v) is 7.28. The van der Waals surface area contributed by atoms with Crippen LogP contribution in [0.4, 0.5) is 30.7 Å². The summed E-state index contributed by atoms with van der Waals surface area (Å²) in [5.74, 6) is -6.16. The molecule has 25 heavy (non-hydrogen) atoms. The standard InChI is InChI=1S/C14H14ClF7N2O/c1-3-8(2)25-11-5-4-10(15)6-9(11)7-23-24-14(21,22)12(16,17)13(18,19)20/h4-8,24H,3H2,1-2H3/b23-7-/t8-/m0/s1. The Bertz CT molecular complexity index is 620. The van der Waals surface area contributed by atoms with Crippen molar-refractivity contribution in [3.8, 4) is 5.75 Å². The maximum absolute atomic E-state index is 13.1. The highest BCUT2D eigenvalue weighted by Crippen LogP contribution is 2.45. The summed E-state index contributed by atoms with van der Waals surface area (Å²) < 4.78 is 93.2. The summed E-state index contributed by atoms with van der Waals surface area (Å²) in [6, 6.07) is -1.60. The van der Waals surface area contributed by atoms with Crippen LogP contribution in [-0.4, -0.2) is 30.5 Å². The van der Waals surface area contributed by atoms with Crippen LogP contribution in [0.1, 0.15) is 25.8 Å². The zero-order valence-corrected chi connectivity index (χ0v) is 13.7. The average Bonchev–Trinajstić information content (AvgIpc) is 2.48. The number of hydrazone groups is 1. The Morgan fingerprint density at radius 1 is 1.20 bits per heavy atom. The van der Waals surface area contributed by atoms with Crippen molar-refractivity contribution in [2.24, 2.45) is 5.10 Å². The van der Waals surface area contributed by atoms with Gasteiger partial charge in [0.15, 0.2) is 0 Å². The van der Waals surface area contributed by atoms with Gasteiger partial charge in [-0.15, -0.1) is 0 Å². The summed E-state index contributed by atoms with van der Waals surface area (Å²) in [5.41, 5.74) is 0.556. The third kappa shape index (κ3) is 5.13. The van der Waals surface area contributed by atoms with E-state index in [-0.39, 0.29) is 22.4 Å². The molecule has 0 bridgehead atoms. The van der Waals surface area contributed by atoms with Crippen LogP contribution >= 0.6 is 11.6 Å². The second kappa shape index (κ2) is 7.67. The molecular formula is C14H14ClF7N2O. The van der Waals surface area contributed by atoms with Crippen molar-refractivity contribution in [2.45, 2.75) is 44.5 Å². The first-order valence-electron chi connectivity index (χ1n) is 6.90. The van der Waals surface area contributed by atoms with Gasteiger partial charge in [-0.2, -0.15) is 35.8 Å². The van der Waals surface area contributed by atoms with Crippen molar-refractivity contribution in [2.75, 3.05) is 0 Å². The molecule has 0 spiro atoms. The number of ether oxygens (including phenoxy) is 1. The molecule has 1 N–H and O–H groups in total. The molecule has 0 unspecified atom stereocenters. The quantitative estimate of drug-likeness (QED) is 0.297. The van der Waals surface area contributed by atoms with Crippen LogP contribution in [0.2, 0.25) is 5.02 Å². The average molecular weight is 395 g/mol. The lowest BCUT2D eigenvalue weighted by molar-refractivity contribution is -0.361. The van der Waals surface area contributed by atoms with Crippen LogP contribution in [0, 0.1) is 0 Å². The van der Waals surface area contributed by atoms with Crippen LogP contribution in [0.5, 0.6) is 5.75 Å². The maximum atomic E-state index is 13.1. The van der Waals surface area contributed by atoms with Crippen LogP contribution in [0.25, 0.3) is 0 Å². The third-order valence-corrected chi connectivity index (χ3v) is 3.27. The van der Waals surface area contributed by atoms with E-state index in [1.54, 1.807) is 6.92 Å². The lowest BCUT2D eigenvalue weighted by atomic mass is 10.2. The highest BCUT2D eigenvalue weighted by atomic mass is 35.5. The summed E-state index contributed by atoms with van der Waals surface area (Å²) in [5, 5.41) is 2.94. The molecule has 0 aromatic heterocycles. The lowest BCUT2D eigenvalue weighted by Gasteiger charge is -2.27. The molecule has 0 saturated heterocycles. The van der Waals surface area contributed by atoms with Crippen molar-refractivity contribution in [1.29, 1.82) is 0 Å². The van der Waals surface area contributed by atoms with Gasteiger partial charge in [-0.05, 0) is 31.5 Å². The molecule has 1 rings (SSSR count). The molecule has 3 nitrogen and oxygen atoms in total. The van der Waals surface area contributed by atoms with Gasteiger partial charge in [-0.3, -0.25) is 0 Å². The van der Waals surface area contributed by atoms with Crippen molar-refractivity contribution in [3.05, 3.63) is 28.8 Å². The predicted octanol–water partition coefficient (Wildman–Crippen LogP) is 5.23. The van der Waals surface area contributed by atoms with Crippen molar-refractivity contribution >= 4 is 17.8 Å². The van der Waals surface area contributed by atoms with E-state index in [9.17, 15) is 30.7 Å². The predicted molar refractivity (Wildman–Crippen MR) is 78.5 cm³/mol. The van der Waals surface area contributed by atoms with E-state index in [0.29, 0.717) is 18.1 Å². The zero-order valence-electron chi connectivity index (χ0n) is 13.0. The molecule has 0 aliphatic rings. The Labute approximate surface area is 143 Å². The van der Waals surface area contributed by atoms with Gasteiger partial charge < -0.3 is 4.74 Å². The molecule has 0 heterocycles. The number of halogens is 8. The van der Waals surface area contributed by atoms with Crippen LogP contribution in [-0.2, 0) is 0 Å². The molecule has 11 heteroatoms. The smallest absolute Gasteiger partial charge is 0.462 e. The zero-order chi connectivity index (χ0) is 19.5. The number of alkyl halides is 7. The van der Waals surface area contributed by atoms with E-state index in [0.717, 1.165) is 0 Å². The largest absolute Gasteiger partial charge is 0.490 e. The Hall–Kier alpha value is -1.71. The van der Waals surface area contributed by atoms with Crippen LogP contribution in [0.15, 0.2) is 23.3 Å². The fourth-order valence-corrected chi connectivity index (χ4v) is 1.64. The monoisotopic (exact) mass is 394 g/mol. The molecule has 0 saturated carbocycles. The second-order valence-electron chi connectivity index (χ2n) is 5.04. The van der Waals surface area contributed by atoms with E-state index < -0.39 is 18.1 Å². The number of hydrogen-bond acceptors (Lipinski definition) is 3. The molecule has 0 aliphatic carbocycles. The summed E-state index contributed by atoms with van der Waals surface area (Å²) >= 11 is 5.73. The molecule has 142 valence electrons. The van der Waals surface area contributed by atoms with Crippen LogP contribution < -0.4 is 10.2 Å². The van der Waals surface area contributed by atoms with Gasteiger partial charge in [-0.1, -0.05) is 18.5 Å². The summed E-state index contributed by atoms with van der Waals surface area (Å²) in [4.78, 5) is 0. The van der Waals surface area contributed by atoms with Gasteiger partial charge in [0.1, 0.15) is 5.75 Å². The normalized spacial score (nSPS) is 14.6. The van der Waals surface area contributed by atoms with E-state index in [1.165, 1.54) is 18.2 Å². The molecule has 0 radical (unpaired) electrons. The first-order chi connectivity index (χ1) is 11.3. The summed E-state index contributed by atoms with van der Waals surface area (Å²) in [7, 11) is 0. The number of nitrogens with zero attached hydrogens (tertiary/aromatic N) is 1. The molecule has 0 fully saturated rings.